The topological polar surface area (TPSA) is 87.7 Å². The summed E-state index contributed by atoms with van der Waals surface area (Å²) in [5.41, 5.74) is 0.238. The normalized spacial score (nSPS) is 29.5. The smallest absolute Gasteiger partial charge is 0.246 e. The lowest BCUT2D eigenvalue weighted by Crippen LogP contribution is -2.56. The third kappa shape index (κ3) is 4.75. The van der Waals surface area contributed by atoms with Crippen molar-refractivity contribution in [2.75, 3.05) is 11.9 Å². The fourth-order valence-corrected chi connectivity index (χ4v) is 7.19. The molecule has 2 aromatic rings. The van der Waals surface area contributed by atoms with Crippen molar-refractivity contribution in [3.63, 3.8) is 0 Å². The molecule has 39 heavy (non-hydrogen) atoms. The summed E-state index contributed by atoms with van der Waals surface area (Å²) in [7, 11) is 0. The van der Waals surface area contributed by atoms with Gasteiger partial charge in [-0.3, -0.25) is 14.4 Å². The van der Waals surface area contributed by atoms with Gasteiger partial charge >= 0.3 is 0 Å². The van der Waals surface area contributed by atoms with Crippen LogP contribution in [0.25, 0.3) is 0 Å². The van der Waals surface area contributed by atoms with Gasteiger partial charge in [0.1, 0.15) is 11.6 Å². The summed E-state index contributed by atoms with van der Waals surface area (Å²) < 4.78 is 6.43. The first-order chi connectivity index (χ1) is 18.9. The minimum Gasteiger partial charge on any atom is -0.359 e. The molecule has 1 saturated carbocycles. The molecule has 9 heteroatoms. The van der Waals surface area contributed by atoms with Crippen LogP contribution in [0.5, 0.6) is 0 Å². The van der Waals surface area contributed by atoms with Crippen molar-refractivity contribution in [1.29, 1.82) is 0 Å². The number of hydrogen-bond acceptors (Lipinski definition) is 4. The highest BCUT2D eigenvalue weighted by molar-refractivity contribution is 6.31. The van der Waals surface area contributed by atoms with E-state index < -0.39 is 29.6 Å². The Morgan fingerprint density at radius 1 is 1.03 bits per heavy atom. The highest BCUT2D eigenvalue weighted by atomic mass is 35.5. The van der Waals surface area contributed by atoms with Crippen molar-refractivity contribution in [2.24, 2.45) is 11.8 Å². The average molecular weight is 569 g/mol. The monoisotopic (exact) mass is 567 g/mol. The van der Waals surface area contributed by atoms with Crippen LogP contribution in [0.4, 0.5) is 5.69 Å². The van der Waals surface area contributed by atoms with Gasteiger partial charge < -0.3 is 20.3 Å². The molecule has 2 aromatic carbocycles. The first-order valence-corrected chi connectivity index (χ1v) is 14.4. The maximum atomic E-state index is 14.1. The van der Waals surface area contributed by atoms with E-state index in [-0.39, 0.29) is 30.3 Å². The Balaban J connectivity index is 1.30. The molecule has 3 heterocycles. The minimum absolute atomic E-state index is 0.0757. The van der Waals surface area contributed by atoms with Gasteiger partial charge in [0.05, 0.1) is 17.9 Å². The number of nitrogens with one attached hydrogen (secondary N) is 2. The summed E-state index contributed by atoms with van der Waals surface area (Å²) in [5, 5.41) is 7.22. The van der Waals surface area contributed by atoms with Gasteiger partial charge in [-0.25, -0.2) is 0 Å². The molecule has 2 N–H and O–H groups in total. The number of hydrogen-bond donors (Lipinski definition) is 2. The van der Waals surface area contributed by atoms with Gasteiger partial charge in [0.15, 0.2) is 0 Å². The van der Waals surface area contributed by atoms with Crippen LogP contribution >= 0.6 is 23.2 Å². The van der Waals surface area contributed by atoms with Gasteiger partial charge in [-0.05, 0) is 49.1 Å². The first kappa shape index (κ1) is 26.4. The van der Waals surface area contributed by atoms with Gasteiger partial charge in [-0.2, -0.15) is 0 Å². The van der Waals surface area contributed by atoms with E-state index in [2.05, 4.69) is 10.6 Å². The highest BCUT2D eigenvalue weighted by Crippen LogP contribution is 2.55. The van der Waals surface area contributed by atoms with Crippen LogP contribution in [0.15, 0.2) is 60.7 Å². The number of anilines is 1. The van der Waals surface area contributed by atoms with Crippen molar-refractivity contribution >= 4 is 46.6 Å². The molecule has 2 saturated heterocycles. The van der Waals surface area contributed by atoms with Gasteiger partial charge in [-0.15, -0.1) is 0 Å². The van der Waals surface area contributed by atoms with Gasteiger partial charge in [0.25, 0.3) is 0 Å². The second kappa shape index (κ2) is 10.6. The number of amides is 3. The lowest BCUT2D eigenvalue weighted by Gasteiger charge is -2.34. The molecule has 3 fully saturated rings. The zero-order valence-electron chi connectivity index (χ0n) is 21.4. The van der Waals surface area contributed by atoms with E-state index in [0.29, 0.717) is 22.2 Å². The summed E-state index contributed by atoms with van der Waals surface area (Å²) in [6.07, 6.45) is 8.71. The predicted octanol–water partition coefficient (Wildman–Crippen LogP) is 4.77. The molecule has 7 nitrogen and oxygen atoms in total. The van der Waals surface area contributed by atoms with Crippen LogP contribution in [0, 0.1) is 11.8 Å². The molecular formula is C30H31Cl2N3O4. The number of likely N-dealkylation sites (tertiary alicyclic amines) is 1. The molecule has 0 unspecified atom stereocenters. The van der Waals surface area contributed by atoms with Crippen molar-refractivity contribution in [3.05, 3.63) is 76.3 Å². The van der Waals surface area contributed by atoms with Crippen LogP contribution < -0.4 is 10.6 Å². The number of rotatable bonds is 7. The molecule has 1 spiro atoms. The van der Waals surface area contributed by atoms with E-state index in [9.17, 15) is 14.4 Å². The van der Waals surface area contributed by atoms with E-state index in [0.717, 1.165) is 31.2 Å². The molecule has 1 aliphatic carbocycles. The lowest BCUT2D eigenvalue weighted by molar-refractivity contribution is -0.141. The number of nitrogens with zero attached hydrogens (tertiary/aromatic N) is 1. The zero-order valence-corrected chi connectivity index (χ0v) is 23.0. The SMILES string of the molecule is O=C(Nc1cccc(Cl)c1)[C@H]1[C@@H]2C=C[C@]3(O2)[C@@H]1C(=O)N(CCc1ccccc1Cl)[C@@H]3C(=O)NC1CCCCC1. The number of fused-ring (bicyclic) bond motifs is 1. The van der Waals surface area contributed by atoms with E-state index in [1.165, 1.54) is 6.42 Å². The van der Waals surface area contributed by atoms with Crippen molar-refractivity contribution in [3.8, 4) is 0 Å². The Labute approximate surface area is 237 Å². The molecule has 2 bridgehead atoms. The fourth-order valence-electron chi connectivity index (χ4n) is 6.77. The summed E-state index contributed by atoms with van der Waals surface area (Å²) in [6, 6.07) is 13.6. The van der Waals surface area contributed by atoms with Crippen LogP contribution in [-0.4, -0.2) is 53.0 Å². The second-order valence-corrected chi connectivity index (χ2v) is 11.8. The number of benzene rings is 2. The minimum atomic E-state index is -1.20. The van der Waals surface area contributed by atoms with Gasteiger partial charge in [-0.1, -0.05) is 78.9 Å². The molecule has 6 rings (SSSR count). The Hall–Kier alpha value is -2.87. The fraction of sp³-hybridized carbons (Fsp3) is 0.433. The van der Waals surface area contributed by atoms with E-state index in [1.807, 2.05) is 36.4 Å². The molecule has 0 radical (unpaired) electrons. The number of carbonyl (C=O) groups excluding carboxylic acids is 3. The van der Waals surface area contributed by atoms with Gasteiger partial charge in [0, 0.05) is 28.3 Å². The summed E-state index contributed by atoms with van der Waals surface area (Å²) in [6.45, 7) is 0.286. The molecule has 5 atom stereocenters. The highest BCUT2D eigenvalue weighted by Gasteiger charge is 2.72. The lowest BCUT2D eigenvalue weighted by atomic mass is 9.74. The van der Waals surface area contributed by atoms with Crippen LogP contribution in [0.2, 0.25) is 10.0 Å². The zero-order chi connectivity index (χ0) is 27.1. The predicted molar refractivity (Wildman–Crippen MR) is 149 cm³/mol. The van der Waals surface area contributed by atoms with E-state index in [4.69, 9.17) is 27.9 Å². The van der Waals surface area contributed by atoms with Crippen LogP contribution in [-0.2, 0) is 25.5 Å². The van der Waals surface area contributed by atoms with Crippen molar-refractivity contribution < 1.29 is 19.1 Å². The molecule has 0 aromatic heterocycles. The molecular weight excluding hydrogens is 537 g/mol. The Kier molecular flexibility index (Phi) is 7.16. The molecule has 204 valence electrons. The van der Waals surface area contributed by atoms with Gasteiger partial charge in [0.2, 0.25) is 17.7 Å². The molecule has 4 aliphatic rings. The summed E-state index contributed by atoms with van der Waals surface area (Å²) in [4.78, 5) is 43.2. The van der Waals surface area contributed by atoms with E-state index >= 15 is 0 Å². The van der Waals surface area contributed by atoms with Crippen molar-refractivity contribution in [2.45, 2.75) is 62.3 Å². The average Bonchev–Trinajstić information content (AvgIpc) is 3.56. The maximum absolute atomic E-state index is 14.1. The first-order valence-electron chi connectivity index (χ1n) is 13.7. The molecule has 3 aliphatic heterocycles. The quantitative estimate of drug-likeness (QED) is 0.471. The second-order valence-electron chi connectivity index (χ2n) is 10.9. The molecule has 3 amide bonds. The van der Waals surface area contributed by atoms with Crippen LogP contribution in [0.3, 0.4) is 0 Å². The summed E-state index contributed by atoms with van der Waals surface area (Å²) in [5.74, 6) is -2.37. The Morgan fingerprint density at radius 3 is 2.59 bits per heavy atom. The summed E-state index contributed by atoms with van der Waals surface area (Å²) >= 11 is 12.5. The standard InChI is InChI=1S/C30H31Cl2N3O4/c31-19-8-6-11-21(17-19)34-27(36)24-23-13-15-30(39-23)25(24)29(38)35(16-14-18-7-4-5-12-22(18)32)26(30)28(37)33-20-9-2-1-3-10-20/h4-8,11-13,15,17,20,23-26H,1-3,9-10,14,16H2,(H,33,37)(H,34,36)/t23-,24-,25-,26+,30-/m0/s1. The number of carbonyl (C=O) groups is 3. The third-order valence-electron chi connectivity index (χ3n) is 8.55. The maximum Gasteiger partial charge on any atom is 0.246 e. The third-order valence-corrected chi connectivity index (χ3v) is 9.15. The Morgan fingerprint density at radius 2 is 1.82 bits per heavy atom. The number of ether oxygens (including phenoxy) is 1. The Bertz CT molecular complexity index is 1330. The van der Waals surface area contributed by atoms with Crippen LogP contribution in [0.1, 0.15) is 37.7 Å². The number of halogens is 2. The largest absolute Gasteiger partial charge is 0.359 e. The van der Waals surface area contributed by atoms with E-state index in [1.54, 1.807) is 29.2 Å². The van der Waals surface area contributed by atoms with Crippen molar-refractivity contribution in [1.82, 2.24) is 10.2 Å².